The Hall–Kier alpha value is 0.280. The van der Waals surface area contributed by atoms with Crippen LogP contribution in [0.5, 0.6) is 0 Å². The van der Waals surface area contributed by atoms with Gasteiger partial charge >= 0.3 is 0 Å². The van der Waals surface area contributed by atoms with Gasteiger partial charge < -0.3 is 23.7 Å². The largest absolute Gasteiger partial charge is 0.348 e. The summed E-state index contributed by atoms with van der Waals surface area (Å²) in [5.74, 6) is -0.911. The van der Waals surface area contributed by atoms with E-state index in [-0.39, 0.29) is 30.5 Å². The number of halogens is 1. The first-order valence-corrected chi connectivity index (χ1v) is 7.82. The van der Waals surface area contributed by atoms with Crippen molar-refractivity contribution >= 4 is 15.9 Å². The van der Waals surface area contributed by atoms with Gasteiger partial charge in [0.2, 0.25) is 0 Å². The van der Waals surface area contributed by atoms with Crippen molar-refractivity contribution in [2.24, 2.45) is 5.92 Å². The number of hydrogen-bond acceptors (Lipinski definition) is 5. The topological polar surface area (TPSA) is 46.2 Å². The molecule has 0 spiro atoms. The van der Waals surface area contributed by atoms with Crippen molar-refractivity contribution < 1.29 is 23.7 Å². The standard InChI is InChI=1S/C13H21BrO5/c1-12(2)15-6-8(17-12)9-7(5-14)10-11(16-9)19-13(3,4)18-10/h7-11H,5-6H2,1-4H3/t7-,8?,9+,10-,11-/m1/s1. The highest BCUT2D eigenvalue weighted by atomic mass is 79.9. The van der Waals surface area contributed by atoms with Crippen LogP contribution in [0, 0.1) is 5.92 Å². The summed E-state index contributed by atoms with van der Waals surface area (Å²) in [7, 11) is 0. The number of ether oxygens (including phenoxy) is 5. The molecule has 3 aliphatic heterocycles. The van der Waals surface area contributed by atoms with Crippen molar-refractivity contribution in [2.45, 2.75) is 63.9 Å². The molecule has 6 heteroatoms. The molecule has 3 aliphatic rings. The molecule has 3 saturated heterocycles. The molecule has 0 radical (unpaired) electrons. The minimum absolute atomic E-state index is 0.0494. The molecule has 0 bridgehead atoms. The zero-order chi connectivity index (χ0) is 13.8. The molecule has 3 heterocycles. The van der Waals surface area contributed by atoms with E-state index in [0.717, 1.165) is 5.33 Å². The Bertz CT molecular complexity index is 359. The summed E-state index contributed by atoms with van der Waals surface area (Å²) in [4.78, 5) is 0. The first-order chi connectivity index (χ1) is 8.81. The predicted octanol–water partition coefficient (Wildman–Crippen LogP) is 2.03. The third-order valence-corrected chi connectivity index (χ3v) is 4.55. The lowest BCUT2D eigenvalue weighted by atomic mass is 9.97. The van der Waals surface area contributed by atoms with Gasteiger partial charge in [0, 0.05) is 11.2 Å². The summed E-state index contributed by atoms with van der Waals surface area (Å²) in [6.07, 6.45) is -0.493. The molecule has 5 atom stereocenters. The second kappa shape index (κ2) is 4.64. The molecule has 0 amide bonds. The first-order valence-electron chi connectivity index (χ1n) is 6.70. The van der Waals surface area contributed by atoms with Crippen LogP contribution in [0.2, 0.25) is 0 Å². The fraction of sp³-hybridized carbons (Fsp3) is 1.00. The molecule has 0 saturated carbocycles. The van der Waals surface area contributed by atoms with Crippen LogP contribution in [-0.2, 0) is 23.7 Å². The predicted molar refractivity (Wildman–Crippen MR) is 70.9 cm³/mol. The summed E-state index contributed by atoms with van der Waals surface area (Å²) in [6, 6.07) is 0. The van der Waals surface area contributed by atoms with Gasteiger partial charge in [-0.1, -0.05) is 15.9 Å². The van der Waals surface area contributed by atoms with Gasteiger partial charge in [0.25, 0.3) is 0 Å². The van der Waals surface area contributed by atoms with E-state index in [9.17, 15) is 0 Å². The van der Waals surface area contributed by atoms with Gasteiger partial charge in [-0.25, -0.2) is 0 Å². The summed E-state index contributed by atoms with van der Waals surface area (Å²) < 4.78 is 29.3. The van der Waals surface area contributed by atoms with Crippen LogP contribution in [0.1, 0.15) is 27.7 Å². The molecular formula is C13H21BrO5. The fourth-order valence-corrected chi connectivity index (χ4v) is 3.75. The maximum atomic E-state index is 6.02. The average Bonchev–Trinajstić information content (AvgIpc) is 2.87. The Kier molecular flexibility index (Phi) is 3.48. The van der Waals surface area contributed by atoms with Gasteiger partial charge in [-0.15, -0.1) is 0 Å². The lowest BCUT2D eigenvalue weighted by Gasteiger charge is -2.28. The van der Waals surface area contributed by atoms with Gasteiger partial charge in [0.1, 0.15) is 12.2 Å². The smallest absolute Gasteiger partial charge is 0.187 e. The van der Waals surface area contributed by atoms with Crippen LogP contribution in [0.25, 0.3) is 0 Å². The lowest BCUT2D eigenvalue weighted by molar-refractivity contribution is -0.225. The van der Waals surface area contributed by atoms with Crippen molar-refractivity contribution in [3.05, 3.63) is 0 Å². The van der Waals surface area contributed by atoms with Gasteiger partial charge in [-0.2, -0.15) is 0 Å². The summed E-state index contributed by atoms with van der Waals surface area (Å²) in [6.45, 7) is 8.20. The monoisotopic (exact) mass is 336 g/mol. The Labute approximate surface area is 122 Å². The van der Waals surface area contributed by atoms with Crippen molar-refractivity contribution in [3.8, 4) is 0 Å². The Morgan fingerprint density at radius 3 is 2.32 bits per heavy atom. The van der Waals surface area contributed by atoms with Crippen LogP contribution in [0.4, 0.5) is 0 Å². The Morgan fingerprint density at radius 2 is 1.74 bits per heavy atom. The number of hydrogen-bond donors (Lipinski definition) is 0. The minimum atomic E-state index is -0.576. The summed E-state index contributed by atoms with van der Waals surface area (Å²) in [5, 5.41) is 0.790. The maximum absolute atomic E-state index is 6.02. The third kappa shape index (κ3) is 2.59. The zero-order valence-corrected chi connectivity index (χ0v) is 13.3. The Balaban J connectivity index is 1.72. The van der Waals surface area contributed by atoms with E-state index in [2.05, 4.69) is 15.9 Å². The second-order valence-corrected chi connectivity index (χ2v) is 6.90. The molecule has 5 nitrogen and oxygen atoms in total. The van der Waals surface area contributed by atoms with Crippen molar-refractivity contribution in [1.29, 1.82) is 0 Å². The molecule has 0 aromatic rings. The number of rotatable bonds is 2. The first kappa shape index (κ1) is 14.2. The molecule has 0 aromatic carbocycles. The Morgan fingerprint density at radius 1 is 1.00 bits per heavy atom. The minimum Gasteiger partial charge on any atom is -0.348 e. The number of fused-ring (bicyclic) bond motifs is 1. The highest BCUT2D eigenvalue weighted by Gasteiger charge is 2.57. The van der Waals surface area contributed by atoms with Gasteiger partial charge in [-0.05, 0) is 27.7 Å². The van der Waals surface area contributed by atoms with Crippen LogP contribution >= 0.6 is 15.9 Å². The van der Waals surface area contributed by atoms with Crippen LogP contribution in [-0.4, -0.2) is 48.1 Å². The van der Waals surface area contributed by atoms with E-state index < -0.39 is 11.6 Å². The summed E-state index contributed by atoms with van der Waals surface area (Å²) >= 11 is 3.55. The molecule has 3 rings (SSSR count). The third-order valence-electron chi connectivity index (χ3n) is 3.80. The van der Waals surface area contributed by atoms with Gasteiger partial charge in [-0.3, -0.25) is 0 Å². The van der Waals surface area contributed by atoms with Crippen molar-refractivity contribution in [2.75, 3.05) is 11.9 Å². The van der Waals surface area contributed by atoms with Gasteiger partial charge in [0.05, 0.1) is 12.7 Å². The van der Waals surface area contributed by atoms with Crippen molar-refractivity contribution in [1.82, 2.24) is 0 Å². The zero-order valence-electron chi connectivity index (χ0n) is 11.7. The fourth-order valence-electron chi connectivity index (χ4n) is 3.01. The quantitative estimate of drug-likeness (QED) is 0.722. The molecule has 0 N–H and O–H groups in total. The second-order valence-electron chi connectivity index (χ2n) is 6.25. The van der Waals surface area contributed by atoms with Crippen LogP contribution < -0.4 is 0 Å². The van der Waals surface area contributed by atoms with E-state index in [1.165, 1.54) is 0 Å². The van der Waals surface area contributed by atoms with E-state index >= 15 is 0 Å². The maximum Gasteiger partial charge on any atom is 0.187 e. The lowest BCUT2D eigenvalue weighted by Crippen LogP contribution is -2.39. The normalized spacial score (nSPS) is 47.5. The average molecular weight is 337 g/mol. The van der Waals surface area contributed by atoms with Gasteiger partial charge in [0.15, 0.2) is 17.9 Å². The molecule has 0 aromatic heterocycles. The molecule has 3 fully saturated rings. The molecule has 1 unspecified atom stereocenters. The molecule has 19 heavy (non-hydrogen) atoms. The van der Waals surface area contributed by atoms with E-state index in [1.54, 1.807) is 0 Å². The van der Waals surface area contributed by atoms with E-state index in [0.29, 0.717) is 6.61 Å². The van der Waals surface area contributed by atoms with E-state index in [4.69, 9.17) is 23.7 Å². The van der Waals surface area contributed by atoms with Crippen molar-refractivity contribution in [3.63, 3.8) is 0 Å². The molecule has 110 valence electrons. The molecular weight excluding hydrogens is 316 g/mol. The number of alkyl halides is 1. The summed E-state index contributed by atoms with van der Waals surface area (Å²) in [5.41, 5.74) is 0. The SMILES string of the molecule is CC1(C)OCC([C@H]2O[C@@H]3OC(C)(C)O[C@@H]3[C@@H]2CBr)O1. The van der Waals surface area contributed by atoms with E-state index in [1.807, 2.05) is 27.7 Å². The van der Waals surface area contributed by atoms with Crippen LogP contribution in [0.15, 0.2) is 0 Å². The molecule has 0 aliphatic carbocycles. The highest BCUT2D eigenvalue weighted by Crippen LogP contribution is 2.44. The highest BCUT2D eigenvalue weighted by molar-refractivity contribution is 9.09. The van der Waals surface area contributed by atoms with Crippen LogP contribution in [0.3, 0.4) is 0 Å².